The Morgan fingerprint density at radius 2 is 0.938 bits per heavy atom. The fourth-order valence-corrected chi connectivity index (χ4v) is 0.908. The highest BCUT2D eigenvalue weighted by Gasteiger charge is 2.17. The minimum absolute atomic E-state index is 0.639. The number of hydrogen-bond acceptors (Lipinski definition) is 2. The third kappa shape index (κ3) is 6.51. The van der Waals surface area contributed by atoms with Crippen molar-refractivity contribution >= 4 is 0 Å². The van der Waals surface area contributed by atoms with Crippen molar-refractivity contribution in [2.45, 2.75) is 64.6 Å². The van der Waals surface area contributed by atoms with E-state index in [0.717, 1.165) is 0 Å². The van der Waals surface area contributed by atoms with E-state index >= 15 is 0 Å². The van der Waals surface area contributed by atoms with Gasteiger partial charge in [-0.05, 0) is 25.7 Å². The van der Waals surface area contributed by atoms with Crippen LogP contribution >= 0.6 is 0 Å². The van der Waals surface area contributed by atoms with Crippen molar-refractivity contribution in [1.29, 1.82) is 0 Å². The molecule has 0 radical (unpaired) electrons. The first-order valence-corrected chi connectivity index (χ1v) is 5.77. The van der Waals surface area contributed by atoms with Gasteiger partial charge in [-0.3, -0.25) is 0 Å². The molecule has 0 aromatic rings. The van der Waals surface area contributed by atoms with Gasteiger partial charge in [-0.1, -0.05) is 39.5 Å². The van der Waals surface area contributed by atoms with Crippen LogP contribution in [0.25, 0.3) is 0 Å². The van der Waals surface area contributed by atoms with E-state index in [1.807, 2.05) is 27.7 Å². The molecule has 0 heterocycles. The Morgan fingerprint density at radius 3 is 0.938 bits per heavy atom. The highest BCUT2D eigenvalue weighted by molar-refractivity contribution is 5.05. The summed E-state index contributed by atoms with van der Waals surface area (Å²) in [5.74, 6) is 4.67. The maximum atomic E-state index is 9.20. The molecule has 0 saturated carbocycles. The summed E-state index contributed by atoms with van der Waals surface area (Å²) in [5, 5.41) is 18.4. The van der Waals surface area contributed by atoms with E-state index in [2.05, 4.69) is 11.8 Å². The predicted molar refractivity (Wildman–Crippen MR) is 68.7 cm³/mol. The van der Waals surface area contributed by atoms with Gasteiger partial charge in [-0.25, -0.2) is 0 Å². The van der Waals surface area contributed by atoms with Crippen LogP contribution in [-0.4, -0.2) is 21.4 Å². The van der Waals surface area contributed by atoms with Crippen LogP contribution in [0.2, 0.25) is 0 Å². The Balaban J connectivity index is 0. The molecule has 0 saturated heterocycles. The molecule has 0 unspecified atom stereocenters. The monoisotopic (exact) mass is 224 g/mol. The highest BCUT2D eigenvalue weighted by Crippen LogP contribution is 2.11. The van der Waals surface area contributed by atoms with Gasteiger partial charge in [0.15, 0.2) is 0 Å². The molecule has 2 nitrogen and oxygen atoms in total. The summed E-state index contributed by atoms with van der Waals surface area (Å²) in [6.07, 6.45) is 12.6. The molecule has 0 bridgehead atoms. The number of rotatable bonds is 4. The Labute approximate surface area is 100 Å². The Bertz CT molecular complexity index is 219. The zero-order chi connectivity index (χ0) is 13.2. The number of hydrogen-bond donors (Lipinski definition) is 2. The summed E-state index contributed by atoms with van der Waals surface area (Å²) in [7, 11) is 0. The summed E-state index contributed by atoms with van der Waals surface area (Å²) in [4.78, 5) is 0. The lowest BCUT2D eigenvalue weighted by atomic mass is 9.99. The zero-order valence-electron chi connectivity index (χ0n) is 10.9. The molecule has 92 valence electrons. The molecule has 0 aliphatic rings. The van der Waals surface area contributed by atoms with Crippen molar-refractivity contribution in [2.75, 3.05) is 0 Å². The van der Waals surface area contributed by atoms with Crippen molar-refractivity contribution in [3.05, 3.63) is 0 Å². The zero-order valence-corrected chi connectivity index (χ0v) is 10.9. The second kappa shape index (κ2) is 8.22. The lowest BCUT2D eigenvalue weighted by Crippen LogP contribution is -2.23. The Hall–Kier alpha value is -0.960. The van der Waals surface area contributed by atoms with Crippen molar-refractivity contribution < 1.29 is 10.2 Å². The molecule has 0 atom stereocenters. The third-order valence-electron chi connectivity index (χ3n) is 2.88. The molecule has 0 rings (SSSR count). The summed E-state index contributed by atoms with van der Waals surface area (Å²) in [5.41, 5.74) is -1.69. The van der Waals surface area contributed by atoms with Crippen LogP contribution < -0.4 is 0 Å². The molecule has 0 aromatic heterocycles. The van der Waals surface area contributed by atoms with Crippen molar-refractivity contribution in [3.63, 3.8) is 0 Å². The minimum Gasteiger partial charge on any atom is -0.378 e. The second-order valence-corrected chi connectivity index (χ2v) is 3.77. The van der Waals surface area contributed by atoms with Crippen LogP contribution in [0.15, 0.2) is 0 Å². The third-order valence-corrected chi connectivity index (χ3v) is 2.88. The van der Waals surface area contributed by atoms with Crippen molar-refractivity contribution in [2.24, 2.45) is 0 Å². The van der Waals surface area contributed by atoms with Gasteiger partial charge in [0.2, 0.25) is 0 Å². The smallest absolute Gasteiger partial charge is 0.124 e. The molecule has 0 aliphatic carbocycles. The summed E-state index contributed by atoms with van der Waals surface area (Å²) in [6, 6.07) is 0. The van der Waals surface area contributed by atoms with Gasteiger partial charge in [0, 0.05) is 0 Å². The van der Waals surface area contributed by atoms with Crippen LogP contribution in [0.1, 0.15) is 53.4 Å². The molecule has 0 aromatic carbocycles. The average molecular weight is 224 g/mol. The van der Waals surface area contributed by atoms with E-state index in [-0.39, 0.29) is 0 Å². The SMILES string of the molecule is C#CC(O)(CC)CC.C#CC(O)(CC)CC. The van der Waals surface area contributed by atoms with Crippen LogP contribution in [-0.2, 0) is 0 Å². The van der Waals surface area contributed by atoms with Gasteiger partial charge in [0.05, 0.1) is 0 Å². The quantitative estimate of drug-likeness (QED) is 0.720. The van der Waals surface area contributed by atoms with E-state index in [1.165, 1.54) is 0 Å². The molecule has 0 fully saturated rings. The largest absolute Gasteiger partial charge is 0.378 e. The minimum atomic E-state index is -0.847. The predicted octanol–water partition coefficient (Wildman–Crippen LogP) is 2.34. The van der Waals surface area contributed by atoms with E-state index in [9.17, 15) is 10.2 Å². The van der Waals surface area contributed by atoms with Gasteiger partial charge in [-0.2, -0.15) is 0 Å². The summed E-state index contributed by atoms with van der Waals surface area (Å²) < 4.78 is 0. The van der Waals surface area contributed by atoms with Crippen LogP contribution in [0, 0.1) is 24.7 Å². The van der Waals surface area contributed by atoms with Crippen LogP contribution in [0.5, 0.6) is 0 Å². The highest BCUT2D eigenvalue weighted by atomic mass is 16.3. The molecule has 0 aliphatic heterocycles. The number of aliphatic hydroxyl groups is 2. The van der Waals surface area contributed by atoms with Crippen molar-refractivity contribution in [1.82, 2.24) is 0 Å². The average Bonchev–Trinajstić information content (AvgIpc) is 2.37. The molecule has 0 spiro atoms. The van der Waals surface area contributed by atoms with Gasteiger partial charge in [-0.15, -0.1) is 12.8 Å². The van der Waals surface area contributed by atoms with Gasteiger partial charge < -0.3 is 10.2 Å². The lowest BCUT2D eigenvalue weighted by molar-refractivity contribution is 0.0929. The first-order valence-electron chi connectivity index (χ1n) is 5.77. The van der Waals surface area contributed by atoms with E-state index < -0.39 is 11.2 Å². The first-order chi connectivity index (χ1) is 7.36. The first kappa shape index (κ1) is 17.4. The molecule has 2 heteroatoms. The summed E-state index contributed by atoms with van der Waals surface area (Å²) in [6.45, 7) is 7.51. The maximum Gasteiger partial charge on any atom is 0.124 e. The fraction of sp³-hybridized carbons (Fsp3) is 0.714. The molecular weight excluding hydrogens is 200 g/mol. The van der Waals surface area contributed by atoms with Gasteiger partial charge in [0.1, 0.15) is 11.2 Å². The van der Waals surface area contributed by atoms with Gasteiger partial charge >= 0.3 is 0 Å². The van der Waals surface area contributed by atoms with Gasteiger partial charge in [0.25, 0.3) is 0 Å². The topological polar surface area (TPSA) is 40.5 Å². The van der Waals surface area contributed by atoms with Crippen LogP contribution in [0.4, 0.5) is 0 Å². The Kier molecular flexibility index (Phi) is 8.96. The van der Waals surface area contributed by atoms with Crippen molar-refractivity contribution in [3.8, 4) is 24.7 Å². The molecular formula is C14H24O2. The number of terminal acetylenes is 2. The normalized spacial score (nSPS) is 10.8. The van der Waals surface area contributed by atoms with E-state index in [4.69, 9.17) is 12.8 Å². The van der Waals surface area contributed by atoms with Crippen LogP contribution in [0.3, 0.4) is 0 Å². The standard InChI is InChI=1S/2C7H12O/c2*1-4-7(8,5-2)6-3/h2*1,8H,5-6H2,2-3H3. The maximum absolute atomic E-state index is 9.20. The molecule has 16 heavy (non-hydrogen) atoms. The fourth-order valence-electron chi connectivity index (χ4n) is 0.908. The molecule has 0 amide bonds. The van der Waals surface area contributed by atoms with E-state index in [0.29, 0.717) is 25.7 Å². The lowest BCUT2D eigenvalue weighted by Gasteiger charge is -2.16. The second-order valence-electron chi connectivity index (χ2n) is 3.77. The Morgan fingerprint density at radius 1 is 0.750 bits per heavy atom. The summed E-state index contributed by atoms with van der Waals surface area (Å²) >= 11 is 0. The molecule has 2 N–H and O–H groups in total. The van der Waals surface area contributed by atoms with E-state index in [1.54, 1.807) is 0 Å².